The summed E-state index contributed by atoms with van der Waals surface area (Å²) >= 11 is 0. The van der Waals surface area contributed by atoms with Gasteiger partial charge in [-0.3, -0.25) is 4.79 Å². The Morgan fingerprint density at radius 2 is 1.75 bits per heavy atom. The van der Waals surface area contributed by atoms with Crippen molar-refractivity contribution in [2.75, 3.05) is 20.8 Å². The van der Waals surface area contributed by atoms with Gasteiger partial charge in [-0.15, -0.1) is 0 Å². The molecule has 3 rings (SSSR count). The van der Waals surface area contributed by atoms with Gasteiger partial charge in [-0.1, -0.05) is 26.0 Å². The molecule has 0 spiro atoms. The average molecular weight is 389 g/mol. The highest BCUT2D eigenvalue weighted by Crippen LogP contribution is 2.64. The summed E-state index contributed by atoms with van der Waals surface area (Å²) in [5, 5.41) is 2.92. The van der Waals surface area contributed by atoms with Crippen molar-refractivity contribution in [3.63, 3.8) is 0 Å². The van der Waals surface area contributed by atoms with Crippen LogP contribution in [-0.4, -0.2) is 26.7 Å². The standard InChI is InChI=1S/C22H25F2NO3/c1-21(2)12-22(21,16-7-6-15(23)11-17(16)24)13-25-20(26)10-14-5-8-18(27-3)19(9-14)28-4/h5-9,11H,10,12-13H2,1-4H3,(H,25,26). The van der Waals surface area contributed by atoms with Gasteiger partial charge >= 0.3 is 0 Å². The van der Waals surface area contributed by atoms with E-state index in [4.69, 9.17) is 9.47 Å². The monoisotopic (exact) mass is 389 g/mol. The lowest BCUT2D eigenvalue weighted by atomic mass is 9.87. The van der Waals surface area contributed by atoms with E-state index in [-0.39, 0.29) is 17.7 Å². The van der Waals surface area contributed by atoms with Crippen LogP contribution in [-0.2, 0) is 16.6 Å². The number of benzene rings is 2. The molecule has 6 heteroatoms. The summed E-state index contributed by atoms with van der Waals surface area (Å²) in [5.41, 5.74) is 0.526. The van der Waals surface area contributed by atoms with Crippen LogP contribution in [0.3, 0.4) is 0 Å². The zero-order valence-electron chi connectivity index (χ0n) is 16.6. The molecule has 0 aromatic heterocycles. The number of hydrogen-bond donors (Lipinski definition) is 1. The molecular weight excluding hydrogens is 364 g/mol. The molecule has 28 heavy (non-hydrogen) atoms. The minimum atomic E-state index is -0.604. The van der Waals surface area contributed by atoms with Crippen molar-refractivity contribution in [1.82, 2.24) is 5.32 Å². The van der Waals surface area contributed by atoms with E-state index in [1.165, 1.54) is 19.2 Å². The van der Waals surface area contributed by atoms with Crippen LogP contribution in [0.1, 0.15) is 31.4 Å². The Balaban J connectivity index is 1.71. The molecule has 0 bridgehead atoms. The molecule has 1 unspecified atom stereocenters. The molecule has 1 atom stereocenters. The van der Waals surface area contributed by atoms with Gasteiger partial charge in [-0.05, 0) is 41.2 Å². The lowest BCUT2D eigenvalue weighted by Crippen LogP contribution is -2.36. The molecule has 0 aliphatic heterocycles. The van der Waals surface area contributed by atoms with Crippen LogP contribution >= 0.6 is 0 Å². The van der Waals surface area contributed by atoms with E-state index in [1.807, 2.05) is 13.8 Å². The molecule has 1 N–H and O–H groups in total. The number of halogens is 2. The zero-order chi connectivity index (χ0) is 20.5. The van der Waals surface area contributed by atoms with Crippen molar-refractivity contribution in [3.8, 4) is 11.5 Å². The Labute approximate surface area is 163 Å². The maximum absolute atomic E-state index is 14.4. The van der Waals surface area contributed by atoms with Crippen LogP contribution in [0.2, 0.25) is 0 Å². The number of methoxy groups -OCH3 is 2. The molecular formula is C22H25F2NO3. The molecule has 0 saturated heterocycles. The third-order valence-electron chi connectivity index (χ3n) is 5.76. The summed E-state index contributed by atoms with van der Waals surface area (Å²) in [6, 6.07) is 8.96. The molecule has 0 radical (unpaired) electrons. The molecule has 1 saturated carbocycles. The highest BCUT2D eigenvalue weighted by Gasteiger charge is 2.62. The van der Waals surface area contributed by atoms with Gasteiger partial charge in [-0.2, -0.15) is 0 Å². The third-order valence-corrected chi connectivity index (χ3v) is 5.76. The minimum Gasteiger partial charge on any atom is -0.493 e. The van der Waals surface area contributed by atoms with Crippen LogP contribution in [0.4, 0.5) is 8.78 Å². The summed E-state index contributed by atoms with van der Waals surface area (Å²) in [4.78, 5) is 12.5. The van der Waals surface area contributed by atoms with Crippen LogP contribution in [0.25, 0.3) is 0 Å². The lowest BCUT2D eigenvalue weighted by molar-refractivity contribution is -0.120. The lowest BCUT2D eigenvalue weighted by Gasteiger charge is -2.22. The second-order valence-corrected chi connectivity index (χ2v) is 7.91. The fourth-order valence-electron chi connectivity index (χ4n) is 3.93. The van der Waals surface area contributed by atoms with Gasteiger partial charge in [0, 0.05) is 18.0 Å². The average Bonchev–Trinajstić information content (AvgIpc) is 3.21. The van der Waals surface area contributed by atoms with Crippen LogP contribution in [0, 0.1) is 17.0 Å². The van der Waals surface area contributed by atoms with E-state index in [2.05, 4.69) is 5.32 Å². The van der Waals surface area contributed by atoms with Crippen LogP contribution in [0.15, 0.2) is 36.4 Å². The van der Waals surface area contributed by atoms with Crippen molar-refractivity contribution in [1.29, 1.82) is 0 Å². The topological polar surface area (TPSA) is 47.6 Å². The summed E-state index contributed by atoms with van der Waals surface area (Å²) in [6.07, 6.45) is 0.891. The maximum atomic E-state index is 14.4. The number of nitrogens with one attached hydrogen (secondary N) is 1. The summed E-state index contributed by atoms with van der Waals surface area (Å²) in [7, 11) is 3.09. The number of carbonyl (C=O) groups excluding carboxylic acids is 1. The Hall–Kier alpha value is -2.63. The predicted molar refractivity (Wildman–Crippen MR) is 103 cm³/mol. The third kappa shape index (κ3) is 3.68. The van der Waals surface area contributed by atoms with Crippen molar-refractivity contribution in [2.45, 2.75) is 32.1 Å². The molecule has 150 valence electrons. The number of ether oxygens (including phenoxy) is 2. The van der Waals surface area contributed by atoms with Gasteiger partial charge in [-0.25, -0.2) is 8.78 Å². The van der Waals surface area contributed by atoms with Gasteiger partial charge in [0.2, 0.25) is 5.91 Å². The van der Waals surface area contributed by atoms with Gasteiger partial charge < -0.3 is 14.8 Å². The highest BCUT2D eigenvalue weighted by molar-refractivity contribution is 5.79. The Morgan fingerprint density at radius 3 is 2.32 bits per heavy atom. The van der Waals surface area contributed by atoms with Crippen LogP contribution < -0.4 is 14.8 Å². The summed E-state index contributed by atoms with van der Waals surface area (Å²) in [6.45, 7) is 4.35. The number of hydrogen-bond acceptors (Lipinski definition) is 3. The Morgan fingerprint density at radius 1 is 1.07 bits per heavy atom. The highest BCUT2D eigenvalue weighted by atomic mass is 19.1. The van der Waals surface area contributed by atoms with E-state index < -0.39 is 17.0 Å². The van der Waals surface area contributed by atoms with E-state index >= 15 is 0 Å². The first kappa shape index (κ1) is 20.1. The minimum absolute atomic E-state index is 0.169. The molecule has 1 fully saturated rings. The zero-order valence-corrected chi connectivity index (χ0v) is 16.6. The van der Waals surface area contributed by atoms with Crippen molar-refractivity contribution < 1.29 is 23.0 Å². The van der Waals surface area contributed by atoms with E-state index in [0.29, 0.717) is 23.6 Å². The quantitative estimate of drug-likeness (QED) is 0.778. The van der Waals surface area contributed by atoms with E-state index in [9.17, 15) is 13.6 Å². The molecule has 4 nitrogen and oxygen atoms in total. The normalized spacial score (nSPS) is 19.8. The van der Waals surface area contributed by atoms with Crippen molar-refractivity contribution in [2.24, 2.45) is 5.41 Å². The maximum Gasteiger partial charge on any atom is 0.224 e. The van der Waals surface area contributed by atoms with E-state index in [0.717, 1.165) is 18.1 Å². The van der Waals surface area contributed by atoms with E-state index in [1.54, 1.807) is 25.3 Å². The number of rotatable bonds is 7. The molecule has 1 aliphatic rings. The van der Waals surface area contributed by atoms with Crippen molar-refractivity contribution in [3.05, 3.63) is 59.2 Å². The largest absolute Gasteiger partial charge is 0.493 e. The summed E-state index contributed by atoms with van der Waals surface area (Å²) < 4.78 is 38.1. The molecule has 1 aliphatic carbocycles. The predicted octanol–water partition coefficient (Wildman–Crippen LogP) is 4.01. The first-order valence-electron chi connectivity index (χ1n) is 9.15. The number of amides is 1. The van der Waals surface area contributed by atoms with Gasteiger partial charge in [0.15, 0.2) is 11.5 Å². The molecule has 2 aromatic carbocycles. The molecule has 0 heterocycles. The molecule has 2 aromatic rings. The van der Waals surface area contributed by atoms with Gasteiger partial charge in [0.05, 0.1) is 20.6 Å². The first-order valence-corrected chi connectivity index (χ1v) is 9.15. The van der Waals surface area contributed by atoms with Crippen LogP contribution in [0.5, 0.6) is 11.5 Å². The summed E-state index contributed by atoms with van der Waals surface area (Å²) in [5.74, 6) is -0.193. The Bertz CT molecular complexity index is 897. The smallest absolute Gasteiger partial charge is 0.224 e. The second kappa shape index (κ2) is 7.41. The van der Waals surface area contributed by atoms with Gasteiger partial charge in [0.1, 0.15) is 11.6 Å². The van der Waals surface area contributed by atoms with Crippen molar-refractivity contribution >= 4 is 5.91 Å². The fourth-order valence-corrected chi connectivity index (χ4v) is 3.93. The Kier molecular flexibility index (Phi) is 5.33. The second-order valence-electron chi connectivity index (χ2n) is 7.91. The first-order chi connectivity index (χ1) is 13.2. The number of carbonyl (C=O) groups is 1. The fraction of sp³-hybridized carbons (Fsp3) is 0.409. The van der Waals surface area contributed by atoms with Gasteiger partial charge in [0.25, 0.3) is 0 Å². The SMILES string of the molecule is COc1ccc(CC(=O)NCC2(c3ccc(F)cc3F)CC2(C)C)cc1OC. The molecule has 1 amide bonds.